The molecule has 5 rings (SSSR count). The standard InChI is InChI=1S/C20H14N6O4/c1-11-22-20(30-25-11)12-6-7-26-17(8-12)23-24-18(26)10-21-19(28)16-9-14(27)13-4-2-3-5-15(13)29-16/h2-9H,10H2,1H3,(H,21,28). The van der Waals surface area contributed by atoms with Crippen molar-refractivity contribution in [2.75, 3.05) is 0 Å². The zero-order valence-corrected chi connectivity index (χ0v) is 15.7. The molecule has 0 spiro atoms. The van der Waals surface area contributed by atoms with E-state index in [0.717, 1.165) is 0 Å². The number of benzene rings is 1. The number of hydrogen-bond acceptors (Lipinski definition) is 8. The molecule has 0 bridgehead atoms. The molecule has 30 heavy (non-hydrogen) atoms. The normalized spacial score (nSPS) is 11.2. The van der Waals surface area contributed by atoms with Crippen LogP contribution in [0.1, 0.15) is 22.2 Å². The Kier molecular flexibility index (Phi) is 4.09. The van der Waals surface area contributed by atoms with Gasteiger partial charge in [0.25, 0.3) is 11.8 Å². The quantitative estimate of drug-likeness (QED) is 0.484. The van der Waals surface area contributed by atoms with Gasteiger partial charge in [-0.2, -0.15) is 4.98 Å². The number of rotatable bonds is 4. The van der Waals surface area contributed by atoms with E-state index in [1.807, 2.05) is 0 Å². The number of carbonyl (C=O) groups is 1. The van der Waals surface area contributed by atoms with Crippen LogP contribution in [0.15, 0.2) is 62.4 Å². The Morgan fingerprint density at radius 2 is 2.03 bits per heavy atom. The molecule has 148 valence electrons. The van der Waals surface area contributed by atoms with Crippen molar-refractivity contribution >= 4 is 22.5 Å². The van der Waals surface area contributed by atoms with Crippen LogP contribution in [0, 0.1) is 6.92 Å². The van der Waals surface area contributed by atoms with Crippen LogP contribution < -0.4 is 10.7 Å². The molecule has 10 nitrogen and oxygen atoms in total. The van der Waals surface area contributed by atoms with E-state index in [1.54, 1.807) is 53.9 Å². The third kappa shape index (κ3) is 3.09. The molecular formula is C20H14N6O4. The molecule has 0 radical (unpaired) electrons. The fourth-order valence-electron chi connectivity index (χ4n) is 3.07. The second-order valence-corrected chi connectivity index (χ2v) is 6.56. The van der Waals surface area contributed by atoms with Gasteiger partial charge in [0.15, 0.2) is 28.5 Å². The van der Waals surface area contributed by atoms with Crippen molar-refractivity contribution in [2.45, 2.75) is 13.5 Å². The van der Waals surface area contributed by atoms with Gasteiger partial charge in [0, 0.05) is 17.8 Å². The Labute approximate surface area is 168 Å². The van der Waals surface area contributed by atoms with E-state index in [4.69, 9.17) is 8.94 Å². The average molecular weight is 402 g/mol. The van der Waals surface area contributed by atoms with Gasteiger partial charge in [-0.25, -0.2) is 0 Å². The Morgan fingerprint density at radius 3 is 2.87 bits per heavy atom. The maximum absolute atomic E-state index is 12.5. The summed E-state index contributed by atoms with van der Waals surface area (Å²) in [5.74, 6) is 0.846. The third-order valence-electron chi connectivity index (χ3n) is 4.52. The lowest BCUT2D eigenvalue weighted by molar-refractivity contribution is 0.0922. The van der Waals surface area contributed by atoms with Crippen molar-refractivity contribution in [1.29, 1.82) is 0 Å². The van der Waals surface area contributed by atoms with Crippen LogP contribution in [0.2, 0.25) is 0 Å². The van der Waals surface area contributed by atoms with E-state index in [2.05, 4.69) is 25.7 Å². The number of fused-ring (bicyclic) bond motifs is 2. The number of carbonyl (C=O) groups excluding carboxylic acids is 1. The van der Waals surface area contributed by atoms with Gasteiger partial charge in [-0.3, -0.25) is 14.0 Å². The van der Waals surface area contributed by atoms with Gasteiger partial charge in [-0.15, -0.1) is 10.2 Å². The maximum atomic E-state index is 12.5. The van der Waals surface area contributed by atoms with Gasteiger partial charge < -0.3 is 14.3 Å². The molecule has 5 aromatic rings. The summed E-state index contributed by atoms with van der Waals surface area (Å²) in [6.07, 6.45) is 1.75. The van der Waals surface area contributed by atoms with E-state index in [9.17, 15) is 9.59 Å². The number of amides is 1. The monoisotopic (exact) mass is 402 g/mol. The number of aromatic nitrogens is 5. The predicted molar refractivity (Wildman–Crippen MR) is 105 cm³/mol. The van der Waals surface area contributed by atoms with Gasteiger partial charge in [0.05, 0.1) is 11.9 Å². The lowest BCUT2D eigenvalue weighted by atomic mass is 10.2. The van der Waals surface area contributed by atoms with Gasteiger partial charge in [-0.1, -0.05) is 17.3 Å². The van der Waals surface area contributed by atoms with Crippen LogP contribution in [-0.2, 0) is 6.54 Å². The minimum atomic E-state index is -0.521. The van der Waals surface area contributed by atoms with E-state index in [1.165, 1.54) is 6.07 Å². The summed E-state index contributed by atoms with van der Waals surface area (Å²) in [6, 6.07) is 11.5. The first-order chi connectivity index (χ1) is 14.6. The second kappa shape index (κ2) is 6.92. The molecule has 0 aliphatic carbocycles. The summed E-state index contributed by atoms with van der Waals surface area (Å²) in [6.45, 7) is 1.83. The molecular weight excluding hydrogens is 388 g/mol. The number of para-hydroxylation sites is 1. The van der Waals surface area contributed by atoms with Crippen molar-refractivity contribution in [1.82, 2.24) is 30.1 Å². The van der Waals surface area contributed by atoms with E-state index >= 15 is 0 Å². The molecule has 1 N–H and O–H groups in total. The van der Waals surface area contributed by atoms with Crippen molar-refractivity contribution in [3.63, 3.8) is 0 Å². The van der Waals surface area contributed by atoms with E-state index < -0.39 is 5.91 Å². The molecule has 10 heteroatoms. The number of nitrogens with zero attached hydrogens (tertiary/aromatic N) is 5. The highest BCUT2D eigenvalue weighted by atomic mass is 16.5. The SMILES string of the molecule is Cc1noc(-c2ccn3c(CNC(=O)c4cc(=O)c5ccccc5o4)nnc3c2)n1. The number of aryl methyl sites for hydroxylation is 1. The molecule has 0 aliphatic rings. The minimum Gasteiger partial charge on any atom is -0.451 e. The molecule has 0 atom stereocenters. The molecule has 0 aliphatic heterocycles. The lowest BCUT2D eigenvalue weighted by Crippen LogP contribution is -2.25. The largest absolute Gasteiger partial charge is 0.451 e. The molecule has 1 amide bonds. The van der Waals surface area contributed by atoms with Gasteiger partial charge >= 0.3 is 0 Å². The Morgan fingerprint density at radius 1 is 1.17 bits per heavy atom. The molecule has 4 aromatic heterocycles. The summed E-state index contributed by atoms with van der Waals surface area (Å²) in [4.78, 5) is 28.9. The van der Waals surface area contributed by atoms with Crippen LogP contribution in [0.25, 0.3) is 28.1 Å². The third-order valence-corrected chi connectivity index (χ3v) is 4.52. The Balaban J connectivity index is 1.37. The van der Waals surface area contributed by atoms with Crippen LogP contribution in [0.5, 0.6) is 0 Å². The van der Waals surface area contributed by atoms with Crippen LogP contribution in [0.3, 0.4) is 0 Å². The first-order valence-electron chi connectivity index (χ1n) is 9.04. The number of hydrogen-bond donors (Lipinski definition) is 1. The Hall–Kier alpha value is -4.34. The number of nitrogens with one attached hydrogen (secondary N) is 1. The van der Waals surface area contributed by atoms with Gasteiger partial charge in [0.1, 0.15) is 5.58 Å². The fraction of sp³-hybridized carbons (Fsp3) is 0.100. The molecule has 0 unspecified atom stereocenters. The van der Waals surface area contributed by atoms with Crippen molar-refractivity contribution < 1.29 is 13.7 Å². The zero-order valence-electron chi connectivity index (χ0n) is 15.7. The topological polar surface area (TPSA) is 128 Å². The highest BCUT2D eigenvalue weighted by Crippen LogP contribution is 2.19. The molecule has 0 saturated heterocycles. The predicted octanol–water partition coefficient (Wildman–Crippen LogP) is 2.12. The smallest absolute Gasteiger partial charge is 0.287 e. The van der Waals surface area contributed by atoms with Gasteiger partial charge in [0.2, 0.25) is 0 Å². The molecule has 0 saturated carbocycles. The lowest BCUT2D eigenvalue weighted by Gasteiger charge is -2.05. The van der Waals surface area contributed by atoms with Crippen molar-refractivity contribution in [2.24, 2.45) is 0 Å². The number of pyridine rings is 1. The molecule has 1 aromatic carbocycles. The molecule has 0 fully saturated rings. The highest BCUT2D eigenvalue weighted by molar-refractivity contribution is 5.93. The Bertz CT molecular complexity index is 1470. The van der Waals surface area contributed by atoms with Crippen LogP contribution in [-0.4, -0.2) is 30.6 Å². The molecule has 4 heterocycles. The zero-order chi connectivity index (χ0) is 20.7. The summed E-state index contributed by atoms with van der Waals surface area (Å²) < 4.78 is 12.4. The maximum Gasteiger partial charge on any atom is 0.287 e. The average Bonchev–Trinajstić information content (AvgIpc) is 3.37. The second-order valence-electron chi connectivity index (χ2n) is 6.56. The van der Waals surface area contributed by atoms with Gasteiger partial charge in [-0.05, 0) is 31.2 Å². The van der Waals surface area contributed by atoms with E-state index in [0.29, 0.717) is 39.7 Å². The van der Waals surface area contributed by atoms with Crippen molar-refractivity contribution in [3.8, 4) is 11.5 Å². The fourth-order valence-corrected chi connectivity index (χ4v) is 3.07. The van der Waals surface area contributed by atoms with E-state index in [-0.39, 0.29) is 17.7 Å². The summed E-state index contributed by atoms with van der Waals surface area (Å²) >= 11 is 0. The first kappa shape index (κ1) is 17.7. The van der Waals surface area contributed by atoms with Crippen LogP contribution in [0.4, 0.5) is 0 Å². The first-order valence-corrected chi connectivity index (χ1v) is 9.04. The summed E-state index contributed by atoms with van der Waals surface area (Å²) in [5, 5.41) is 15.1. The summed E-state index contributed by atoms with van der Waals surface area (Å²) in [5.41, 5.74) is 1.35. The van der Waals surface area contributed by atoms with Crippen molar-refractivity contribution in [3.05, 3.63) is 76.3 Å². The minimum absolute atomic E-state index is 0.0680. The summed E-state index contributed by atoms with van der Waals surface area (Å²) in [7, 11) is 0. The van der Waals surface area contributed by atoms with Crippen LogP contribution >= 0.6 is 0 Å². The highest BCUT2D eigenvalue weighted by Gasteiger charge is 2.15.